The highest BCUT2D eigenvalue weighted by atomic mass is 16.6. The Hall–Kier alpha value is -2.86. The Morgan fingerprint density at radius 3 is 2.59 bits per heavy atom. The summed E-state index contributed by atoms with van der Waals surface area (Å²) in [6, 6.07) is 14.2. The zero-order valence-corrected chi connectivity index (χ0v) is 15.5. The van der Waals surface area contributed by atoms with Crippen molar-refractivity contribution in [3.05, 3.63) is 65.2 Å². The van der Waals surface area contributed by atoms with Crippen LogP contribution in [0.25, 0.3) is 0 Å². The van der Waals surface area contributed by atoms with E-state index in [0.717, 1.165) is 16.7 Å². The third kappa shape index (κ3) is 4.65. The number of rotatable bonds is 4. The number of nitrogens with one attached hydrogen (secondary N) is 1. The SMILES string of the molecule is Cc1ccc(NC(=O)[C@@H]2C[C@H](O)CN2C(=O)OCc2ccccc2)cc1C. The number of nitrogens with zero attached hydrogens (tertiary/aromatic N) is 1. The molecule has 2 amide bonds. The van der Waals surface area contributed by atoms with Crippen molar-refractivity contribution in [1.29, 1.82) is 0 Å². The molecule has 0 spiro atoms. The van der Waals surface area contributed by atoms with Crippen molar-refractivity contribution >= 4 is 17.7 Å². The zero-order chi connectivity index (χ0) is 19.4. The maximum atomic E-state index is 12.7. The van der Waals surface area contributed by atoms with Crippen LogP contribution in [-0.2, 0) is 16.1 Å². The van der Waals surface area contributed by atoms with E-state index in [0.29, 0.717) is 5.69 Å². The Bertz CT molecular complexity index is 822. The van der Waals surface area contributed by atoms with E-state index in [9.17, 15) is 14.7 Å². The Morgan fingerprint density at radius 1 is 1.15 bits per heavy atom. The minimum Gasteiger partial charge on any atom is -0.445 e. The fraction of sp³-hybridized carbons (Fsp3) is 0.333. The minimum atomic E-state index is -0.759. The highest BCUT2D eigenvalue weighted by Gasteiger charge is 2.39. The summed E-state index contributed by atoms with van der Waals surface area (Å²) in [6.07, 6.45) is -1.16. The molecule has 1 fully saturated rings. The normalized spacial score (nSPS) is 19.0. The van der Waals surface area contributed by atoms with E-state index in [1.54, 1.807) is 0 Å². The quantitative estimate of drug-likeness (QED) is 0.870. The number of benzene rings is 2. The molecule has 0 radical (unpaired) electrons. The van der Waals surface area contributed by atoms with Crippen LogP contribution >= 0.6 is 0 Å². The number of amides is 2. The number of β-amino-alcohol motifs (C(OH)–C–C–N with tert-alkyl or cyclic N) is 1. The molecule has 6 heteroatoms. The van der Waals surface area contributed by atoms with Crippen LogP contribution < -0.4 is 5.32 Å². The van der Waals surface area contributed by atoms with Gasteiger partial charge in [0.05, 0.1) is 12.6 Å². The first-order chi connectivity index (χ1) is 12.9. The number of aliphatic hydroxyl groups excluding tert-OH is 1. The van der Waals surface area contributed by atoms with E-state index in [4.69, 9.17) is 4.74 Å². The van der Waals surface area contributed by atoms with E-state index >= 15 is 0 Å². The molecule has 2 aromatic rings. The Morgan fingerprint density at radius 2 is 1.89 bits per heavy atom. The van der Waals surface area contributed by atoms with Crippen LogP contribution in [0.4, 0.5) is 10.5 Å². The number of hydrogen-bond donors (Lipinski definition) is 2. The highest BCUT2D eigenvalue weighted by molar-refractivity contribution is 5.97. The molecule has 1 aliphatic rings. The lowest BCUT2D eigenvalue weighted by molar-refractivity contribution is -0.120. The second-order valence-corrected chi connectivity index (χ2v) is 6.89. The van der Waals surface area contributed by atoms with Crippen LogP contribution in [0.3, 0.4) is 0 Å². The van der Waals surface area contributed by atoms with Gasteiger partial charge in [-0.15, -0.1) is 0 Å². The second-order valence-electron chi connectivity index (χ2n) is 6.89. The Labute approximate surface area is 158 Å². The van der Waals surface area contributed by atoms with Crippen molar-refractivity contribution in [2.75, 3.05) is 11.9 Å². The number of carbonyl (C=O) groups excluding carboxylic acids is 2. The van der Waals surface area contributed by atoms with Gasteiger partial charge in [0.25, 0.3) is 0 Å². The average Bonchev–Trinajstić information content (AvgIpc) is 3.06. The standard InChI is InChI=1S/C21H24N2O4/c1-14-8-9-17(10-15(14)2)22-20(25)19-11-18(24)12-23(19)21(26)27-13-16-6-4-3-5-7-16/h3-10,18-19,24H,11-13H2,1-2H3,(H,22,25)/t18-,19-/m0/s1. The van der Waals surface area contributed by atoms with Crippen LogP contribution in [0.1, 0.15) is 23.1 Å². The van der Waals surface area contributed by atoms with Crippen molar-refractivity contribution in [2.45, 2.75) is 39.0 Å². The van der Waals surface area contributed by atoms with Crippen LogP contribution in [0, 0.1) is 13.8 Å². The summed E-state index contributed by atoms with van der Waals surface area (Å²) in [7, 11) is 0. The van der Waals surface area contributed by atoms with Crippen LogP contribution in [0.5, 0.6) is 0 Å². The predicted octanol–water partition coefficient (Wildman–Crippen LogP) is 3.01. The second kappa shape index (κ2) is 8.22. The molecule has 0 saturated carbocycles. The third-order valence-electron chi connectivity index (χ3n) is 4.80. The van der Waals surface area contributed by atoms with Gasteiger partial charge in [0, 0.05) is 12.1 Å². The van der Waals surface area contributed by atoms with Crippen LogP contribution in [0.2, 0.25) is 0 Å². The van der Waals surface area contributed by atoms with Gasteiger partial charge in [-0.3, -0.25) is 9.69 Å². The fourth-order valence-corrected chi connectivity index (χ4v) is 3.11. The van der Waals surface area contributed by atoms with Crippen molar-refractivity contribution in [1.82, 2.24) is 4.90 Å². The Balaban J connectivity index is 1.64. The van der Waals surface area contributed by atoms with Gasteiger partial charge in [0.15, 0.2) is 0 Å². The molecule has 3 rings (SSSR count). The summed E-state index contributed by atoms with van der Waals surface area (Å²) in [5.74, 6) is -0.327. The van der Waals surface area contributed by atoms with Crippen molar-refractivity contribution in [2.24, 2.45) is 0 Å². The van der Waals surface area contributed by atoms with Crippen molar-refractivity contribution < 1.29 is 19.4 Å². The number of hydrogen-bond acceptors (Lipinski definition) is 4. The van der Waals surface area contributed by atoms with Gasteiger partial charge in [-0.05, 0) is 42.7 Å². The molecular weight excluding hydrogens is 344 g/mol. The summed E-state index contributed by atoms with van der Waals surface area (Å²) in [6.45, 7) is 4.17. The number of likely N-dealkylation sites (tertiary alicyclic amines) is 1. The lowest BCUT2D eigenvalue weighted by Gasteiger charge is -2.23. The monoisotopic (exact) mass is 368 g/mol. The van der Waals surface area contributed by atoms with Gasteiger partial charge in [0.1, 0.15) is 12.6 Å². The van der Waals surface area contributed by atoms with Crippen LogP contribution in [-0.4, -0.2) is 40.7 Å². The van der Waals surface area contributed by atoms with E-state index in [-0.39, 0.29) is 25.5 Å². The van der Waals surface area contributed by atoms with E-state index in [1.165, 1.54) is 4.90 Å². The lowest BCUT2D eigenvalue weighted by Crippen LogP contribution is -2.43. The molecule has 0 aromatic heterocycles. The first-order valence-electron chi connectivity index (χ1n) is 8.97. The fourth-order valence-electron chi connectivity index (χ4n) is 3.11. The molecule has 0 bridgehead atoms. The summed E-state index contributed by atoms with van der Waals surface area (Å²) < 4.78 is 5.32. The lowest BCUT2D eigenvalue weighted by atomic mass is 10.1. The first-order valence-corrected chi connectivity index (χ1v) is 8.97. The van der Waals surface area contributed by atoms with E-state index in [1.807, 2.05) is 62.4 Å². The topological polar surface area (TPSA) is 78.9 Å². The highest BCUT2D eigenvalue weighted by Crippen LogP contribution is 2.22. The molecule has 1 saturated heterocycles. The molecule has 0 unspecified atom stereocenters. The maximum absolute atomic E-state index is 12.7. The van der Waals surface area contributed by atoms with E-state index in [2.05, 4.69) is 5.32 Å². The number of aryl methyl sites for hydroxylation is 2. The van der Waals surface area contributed by atoms with Crippen LogP contribution in [0.15, 0.2) is 48.5 Å². The maximum Gasteiger partial charge on any atom is 0.410 e. The number of ether oxygens (including phenoxy) is 1. The first kappa shape index (κ1) is 18.9. The van der Waals surface area contributed by atoms with Gasteiger partial charge in [0.2, 0.25) is 5.91 Å². The molecule has 142 valence electrons. The number of aliphatic hydroxyl groups is 1. The molecule has 27 heavy (non-hydrogen) atoms. The molecule has 1 heterocycles. The summed E-state index contributed by atoms with van der Waals surface area (Å²) in [4.78, 5) is 26.4. The average molecular weight is 368 g/mol. The molecule has 0 aliphatic carbocycles. The Kier molecular flexibility index (Phi) is 5.76. The van der Waals surface area contributed by atoms with Gasteiger partial charge >= 0.3 is 6.09 Å². The predicted molar refractivity (Wildman–Crippen MR) is 102 cm³/mol. The van der Waals surface area contributed by atoms with Crippen molar-refractivity contribution in [3.8, 4) is 0 Å². The zero-order valence-electron chi connectivity index (χ0n) is 15.5. The largest absolute Gasteiger partial charge is 0.445 e. The summed E-state index contributed by atoms with van der Waals surface area (Å²) in [5.41, 5.74) is 3.73. The molecule has 6 nitrogen and oxygen atoms in total. The molecule has 2 aromatic carbocycles. The third-order valence-corrected chi connectivity index (χ3v) is 4.80. The van der Waals surface area contributed by atoms with Gasteiger partial charge in [-0.1, -0.05) is 36.4 Å². The number of anilines is 1. The van der Waals surface area contributed by atoms with Gasteiger partial charge in [-0.2, -0.15) is 0 Å². The molecule has 2 atom stereocenters. The minimum absolute atomic E-state index is 0.0820. The molecule has 1 aliphatic heterocycles. The summed E-state index contributed by atoms with van der Waals surface area (Å²) >= 11 is 0. The summed E-state index contributed by atoms with van der Waals surface area (Å²) in [5, 5.41) is 12.8. The van der Waals surface area contributed by atoms with E-state index < -0.39 is 18.2 Å². The van der Waals surface area contributed by atoms with Crippen molar-refractivity contribution in [3.63, 3.8) is 0 Å². The van der Waals surface area contributed by atoms with Gasteiger partial charge in [-0.25, -0.2) is 4.79 Å². The smallest absolute Gasteiger partial charge is 0.410 e. The molecular formula is C21H24N2O4. The molecule has 2 N–H and O–H groups in total. The van der Waals surface area contributed by atoms with Gasteiger partial charge < -0.3 is 15.2 Å². The number of carbonyl (C=O) groups is 2.